The molecule has 0 atom stereocenters. The van der Waals surface area contributed by atoms with Gasteiger partial charge in [-0.05, 0) is 68.7 Å². The molecule has 4 aromatic rings. The molecule has 2 aromatic carbocycles. The molecule has 0 saturated heterocycles. The van der Waals surface area contributed by atoms with Crippen LogP contribution in [-0.2, 0) is 16.4 Å². The van der Waals surface area contributed by atoms with Crippen molar-refractivity contribution in [2.24, 2.45) is 0 Å². The van der Waals surface area contributed by atoms with Gasteiger partial charge in [-0.2, -0.15) is 0 Å². The molecule has 36 heavy (non-hydrogen) atoms. The number of anilines is 1. The highest BCUT2D eigenvalue weighted by Gasteiger charge is 2.17. The lowest BCUT2D eigenvalue weighted by atomic mass is 10.1. The molecule has 4 rings (SSSR count). The molecule has 0 radical (unpaired) electrons. The normalized spacial score (nSPS) is 11.1. The number of carbonyl (C=O) groups excluding carboxylic acids is 1. The number of halogens is 1. The average molecular weight is 529 g/mol. The largest absolute Gasteiger partial charge is 0.358 e. The van der Waals surface area contributed by atoms with Crippen molar-refractivity contribution in [3.05, 3.63) is 77.0 Å². The maximum atomic E-state index is 12.3. The Bertz CT molecular complexity index is 1480. The second kappa shape index (κ2) is 11.0. The molecule has 0 spiro atoms. The van der Waals surface area contributed by atoms with E-state index in [0.29, 0.717) is 12.4 Å². The molecule has 0 unspecified atom stereocenters. The van der Waals surface area contributed by atoms with Crippen molar-refractivity contribution in [1.82, 2.24) is 24.6 Å². The smallest absolute Gasteiger partial charge is 0.328 e. The van der Waals surface area contributed by atoms with Crippen LogP contribution in [0.15, 0.2) is 59.5 Å². The van der Waals surface area contributed by atoms with E-state index in [0.717, 1.165) is 39.2 Å². The summed E-state index contributed by atoms with van der Waals surface area (Å²) in [4.78, 5) is 21.5. The summed E-state index contributed by atoms with van der Waals surface area (Å²) in [7, 11) is -2.09. The first-order chi connectivity index (χ1) is 16.7. The molecule has 0 aliphatic rings. The number of benzene rings is 2. The highest BCUT2D eigenvalue weighted by molar-refractivity contribution is 7.90. The van der Waals surface area contributed by atoms with E-state index in [4.69, 9.17) is 0 Å². The number of hydrogen-bond donors (Lipinski definition) is 3. The van der Waals surface area contributed by atoms with Crippen LogP contribution in [0.5, 0.6) is 0 Å². The van der Waals surface area contributed by atoms with Crippen molar-refractivity contribution in [1.29, 1.82) is 0 Å². The van der Waals surface area contributed by atoms with Gasteiger partial charge in [-0.25, -0.2) is 27.9 Å². The first kappa shape index (κ1) is 27.0. The van der Waals surface area contributed by atoms with Gasteiger partial charge in [0.2, 0.25) is 5.95 Å². The quantitative estimate of drug-likeness (QED) is 0.333. The Morgan fingerprint density at radius 3 is 2.28 bits per heavy atom. The minimum Gasteiger partial charge on any atom is -0.358 e. The molecule has 0 aliphatic heterocycles. The highest BCUT2D eigenvalue weighted by Crippen LogP contribution is 2.26. The number of nitrogens with zero attached hydrogens (tertiary/aromatic N) is 3. The van der Waals surface area contributed by atoms with Gasteiger partial charge in [0.15, 0.2) is 5.65 Å². The highest BCUT2D eigenvalue weighted by atomic mass is 35.5. The molecule has 9 nitrogen and oxygen atoms in total. The SMILES string of the molecule is CNc1nc2c(C)cc(C)nc2n1-c1ccc(CCNC(=O)NS(=O)(=O)c2ccc(C)cc2)cc1.Cl. The van der Waals surface area contributed by atoms with Gasteiger partial charge in [0.25, 0.3) is 10.0 Å². The van der Waals surface area contributed by atoms with E-state index in [1.54, 1.807) is 12.1 Å². The number of rotatable bonds is 7. The van der Waals surface area contributed by atoms with Crippen molar-refractivity contribution in [3.63, 3.8) is 0 Å². The number of sulfonamides is 1. The number of amides is 2. The van der Waals surface area contributed by atoms with Crippen molar-refractivity contribution in [3.8, 4) is 5.69 Å². The first-order valence-corrected chi connectivity index (χ1v) is 12.7. The molecule has 0 saturated carbocycles. The van der Waals surface area contributed by atoms with Gasteiger partial charge < -0.3 is 10.6 Å². The predicted molar refractivity (Wildman–Crippen MR) is 144 cm³/mol. The Hall–Kier alpha value is -3.63. The zero-order valence-electron chi connectivity index (χ0n) is 20.5. The third kappa shape index (κ3) is 5.77. The fourth-order valence-electron chi connectivity index (χ4n) is 3.84. The third-order valence-corrected chi connectivity index (χ3v) is 6.96. The number of aryl methyl sites for hydroxylation is 3. The second-order valence-electron chi connectivity index (χ2n) is 8.36. The molecule has 2 aromatic heterocycles. The summed E-state index contributed by atoms with van der Waals surface area (Å²) in [6.07, 6.45) is 0.540. The topological polar surface area (TPSA) is 118 Å². The van der Waals surface area contributed by atoms with Crippen molar-refractivity contribution < 1.29 is 13.2 Å². The monoisotopic (exact) mass is 528 g/mol. The summed E-state index contributed by atoms with van der Waals surface area (Å²) in [5, 5.41) is 5.73. The molecule has 2 heterocycles. The summed E-state index contributed by atoms with van der Waals surface area (Å²) in [6.45, 7) is 6.12. The summed E-state index contributed by atoms with van der Waals surface area (Å²) in [5.41, 5.74) is 6.45. The number of aromatic nitrogens is 3. The Balaban J connectivity index is 0.00000361. The van der Waals surface area contributed by atoms with Crippen LogP contribution in [0.2, 0.25) is 0 Å². The minimum atomic E-state index is -3.92. The zero-order chi connectivity index (χ0) is 25.2. The Labute approximate surface area is 216 Å². The first-order valence-electron chi connectivity index (χ1n) is 11.2. The average Bonchev–Trinajstić information content (AvgIpc) is 3.18. The van der Waals surface area contributed by atoms with E-state index in [1.807, 2.05) is 67.4 Å². The lowest BCUT2D eigenvalue weighted by molar-refractivity contribution is 0.246. The van der Waals surface area contributed by atoms with E-state index in [-0.39, 0.29) is 23.8 Å². The second-order valence-corrected chi connectivity index (χ2v) is 10.0. The molecule has 2 amide bonds. The van der Waals surface area contributed by atoms with Gasteiger partial charge in [-0.1, -0.05) is 29.8 Å². The van der Waals surface area contributed by atoms with Gasteiger partial charge >= 0.3 is 6.03 Å². The van der Waals surface area contributed by atoms with E-state index >= 15 is 0 Å². The third-order valence-electron chi connectivity index (χ3n) is 5.61. The molecule has 190 valence electrons. The van der Waals surface area contributed by atoms with Crippen LogP contribution in [0, 0.1) is 20.8 Å². The maximum absolute atomic E-state index is 12.3. The van der Waals surface area contributed by atoms with Crippen LogP contribution in [0.25, 0.3) is 16.9 Å². The lowest BCUT2D eigenvalue weighted by Crippen LogP contribution is -2.40. The number of imidazole rings is 1. The Morgan fingerprint density at radius 1 is 0.972 bits per heavy atom. The molecule has 3 N–H and O–H groups in total. The fraction of sp³-hybridized carbons (Fsp3) is 0.240. The number of fused-ring (bicyclic) bond motifs is 1. The van der Waals surface area contributed by atoms with Crippen LogP contribution in [0.1, 0.15) is 22.4 Å². The molecule has 0 bridgehead atoms. The van der Waals surface area contributed by atoms with E-state index < -0.39 is 16.1 Å². The van der Waals surface area contributed by atoms with Crippen molar-refractivity contribution in [2.75, 3.05) is 18.9 Å². The number of carbonyl (C=O) groups is 1. The molecule has 0 fully saturated rings. The summed E-state index contributed by atoms with van der Waals surface area (Å²) < 4.78 is 28.7. The summed E-state index contributed by atoms with van der Waals surface area (Å²) in [6, 6.07) is 15.4. The fourth-order valence-corrected chi connectivity index (χ4v) is 4.77. The summed E-state index contributed by atoms with van der Waals surface area (Å²) >= 11 is 0. The number of urea groups is 1. The van der Waals surface area contributed by atoms with Crippen molar-refractivity contribution >= 4 is 45.6 Å². The van der Waals surface area contributed by atoms with Gasteiger partial charge in [0.1, 0.15) is 5.52 Å². The molecular formula is C25H29ClN6O3S. The maximum Gasteiger partial charge on any atom is 0.328 e. The molecular weight excluding hydrogens is 500 g/mol. The van der Waals surface area contributed by atoms with Crippen LogP contribution in [0.4, 0.5) is 10.7 Å². The standard InChI is InChI=1S/C25H28N6O3S.ClH/c1-16-5-11-21(12-6-16)35(33,34)30-25(32)27-14-13-19-7-9-20(10-8-19)31-23-22(29-24(31)26-4)17(2)15-18(3)28-23;/h5-12,15H,13-14H2,1-4H3,(H,26,29)(H2,27,30,32);1H. The van der Waals surface area contributed by atoms with Gasteiger partial charge in [-0.15, -0.1) is 12.4 Å². The number of nitrogens with one attached hydrogen (secondary N) is 3. The van der Waals surface area contributed by atoms with Crippen LogP contribution >= 0.6 is 12.4 Å². The van der Waals surface area contributed by atoms with Gasteiger partial charge in [0.05, 0.1) is 10.6 Å². The van der Waals surface area contributed by atoms with E-state index in [9.17, 15) is 13.2 Å². The van der Waals surface area contributed by atoms with Crippen LogP contribution in [-0.4, -0.2) is 42.6 Å². The van der Waals surface area contributed by atoms with Crippen LogP contribution in [0.3, 0.4) is 0 Å². The van der Waals surface area contributed by atoms with Gasteiger partial charge in [0, 0.05) is 19.3 Å². The van der Waals surface area contributed by atoms with E-state index in [2.05, 4.69) is 20.6 Å². The lowest BCUT2D eigenvalue weighted by Gasteiger charge is -2.11. The number of pyridine rings is 1. The minimum absolute atomic E-state index is 0. The van der Waals surface area contributed by atoms with Crippen molar-refractivity contribution in [2.45, 2.75) is 32.1 Å². The Morgan fingerprint density at radius 2 is 1.64 bits per heavy atom. The Kier molecular flexibility index (Phi) is 8.21. The molecule has 11 heteroatoms. The summed E-state index contributed by atoms with van der Waals surface area (Å²) in [5.74, 6) is 0.696. The van der Waals surface area contributed by atoms with E-state index in [1.165, 1.54) is 12.1 Å². The zero-order valence-corrected chi connectivity index (χ0v) is 22.1. The van der Waals surface area contributed by atoms with Gasteiger partial charge in [-0.3, -0.25) is 4.57 Å². The predicted octanol–water partition coefficient (Wildman–Crippen LogP) is 4.04. The molecule has 0 aliphatic carbocycles. The van der Waals surface area contributed by atoms with Crippen LogP contribution < -0.4 is 15.4 Å². The number of hydrogen-bond acceptors (Lipinski definition) is 6.